The molecule has 0 radical (unpaired) electrons. The van der Waals surface area contributed by atoms with E-state index in [4.69, 9.17) is 17.0 Å². The van der Waals surface area contributed by atoms with Gasteiger partial charge in [-0.05, 0) is 57.6 Å². The van der Waals surface area contributed by atoms with Crippen LogP contribution in [0.3, 0.4) is 0 Å². The van der Waals surface area contributed by atoms with Crippen LogP contribution in [0.25, 0.3) is 11.0 Å². The number of β-amino-alcohol motifs (C(OH)–C–C–N with tert-alkyl or cyclic N) is 1. The van der Waals surface area contributed by atoms with Gasteiger partial charge in [0.05, 0.1) is 5.52 Å². The van der Waals surface area contributed by atoms with Crippen LogP contribution in [0.5, 0.6) is 5.75 Å². The number of hydrogen-bond donors (Lipinski definition) is 4. The van der Waals surface area contributed by atoms with Crippen LogP contribution in [0.1, 0.15) is 26.3 Å². The number of aliphatic hydroxyl groups is 1. The Hall–Kier alpha value is -1.37. The first-order chi connectivity index (χ1) is 9.74. The van der Waals surface area contributed by atoms with E-state index in [1.165, 1.54) is 0 Å². The zero-order valence-corrected chi connectivity index (χ0v) is 13.7. The molecule has 1 aromatic carbocycles. The lowest BCUT2D eigenvalue weighted by Crippen LogP contribution is -2.42. The fourth-order valence-corrected chi connectivity index (χ4v) is 2.24. The third-order valence-corrected chi connectivity index (χ3v) is 3.24. The van der Waals surface area contributed by atoms with E-state index >= 15 is 0 Å². The van der Waals surface area contributed by atoms with Crippen molar-refractivity contribution in [3.05, 3.63) is 22.5 Å². The Balaban J connectivity index is 2.04. The molecule has 6 heteroatoms. The predicted molar refractivity (Wildman–Crippen MR) is 87.5 cm³/mol. The second-order valence-corrected chi connectivity index (χ2v) is 6.77. The summed E-state index contributed by atoms with van der Waals surface area (Å²) < 4.78 is 6.32. The van der Waals surface area contributed by atoms with Gasteiger partial charge in [0, 0.05) is 12.1 Å². The molecule has 0 saturated carbocycles. The van der Waals surface area contributed by atoms with E-state index in [2.05, 4.69) is 36.1 Å². The summed E-state index contributed by atoms with van der Waals surface area (Å²) in [5.41, 5.74) is 2.80. The number of ether oxygens (including phenoxy) is 1. The first-order valence-corrected chi connectivity index (χ1v) is 7.44. The molecule has 0 aliphatic heterocycles. The van der Waals surface area contributed by atoms with Crippen molar-refractivity contribution in [3.8, 4) is 5.75 Å². The summed E-state index contributed by atoms with van der Waals surface area (Å²) in [6, 6.07) is 3.94. The Labute approximate surface area is 129 Å². The third kappa shape index (κ3) is 4.56. The van der Waals surface area contributed by atoms with Crippen molar-refractivity contribution in [2.75, 3.05) is 13.2 Å². The van der Waals surface area contributed by atoms with Crippen LogP contribution in [-0.4, -0.2) is 39.9 Å². The Morgan fingerprint density at radius 3 is 2.71 bits per heavy atom. The molecule has 1 aromatic heterocycles. The van der Waals surface area contributed by atoms with E-state index in [1.807, 2.05) is 19.1 Å². The van der Waals surface area contributed by atoms with Crippen LogP contribution in [-0.2, 0) is 0 Å². The van der Waals surface area contributed by atoms with E-state index in [0.717, 1.165) is 16.6 Å². The molecule has 0 amide bonds. The van der Waals surface area contributed by atoms with Crippen molar-refractivity contribution in [1.82, 2.24) is 15.3 Å². The maximum Gasteiger partial charge on any atom is 0.175 e. The summed E-state index contributed by atoms with van der Waals surface area (Å²) in [5.74, 6) is 0.701. The van der Waals surface area contributed by atoms with Crippen LogP contribution in [0.4, 0.5) is 0 Å². The average Bonchev–Trinajstić information content (AvgIpc) is 2.72. The smallest absolute Gasteiger partial charge is 0.175 e. The van der Waals surface area contributed by atoms with E-state index in [-0.39, 0.29) is 12.1 Å². The van der Waals surface area contributed by atoms with Crippen molar-refractivity contribution < 1.29 is 9.84 Å². The summed E-state index contributed by atoms with van der Waals surface area (Å²) in [7, 11) is 0. The van der Waals surface area contributed by atoms with Crippen molar-refractivity contribution in [2.24, 2.45) is 0 Å². The normalized spacial score (nSPS) is 13.6. The molecule has 0 aliphatic rings. The van der Waals surface area contributed by atoms with Gasteiger partial charge in [-0.25, -0.2) is 0 Å². The minimum atomic E-state index is -0.568. The van der Waals surface area contributed by atoms with Gasteiger partial charge in [0.25, 0.3) is 0 Å². The van der Waals surface area contributed by atoms with E-state index in [1.54, 1.807) is 0 Å². The van der Waals surface area contributed by atoms with Gasteiger partial charge in [-0.15, -0.1) is 0 Å². The van der Waals surface area contributed by atoms with Crippen molar-refractivity contribution in [2.45, 2.75) is 39.3 Å². The van der Waals surface area contributed by atoms with Gasteiger partial charge in [0.2, 0.25) is 0 Å². The highest BCUT2D eigenvalue weighted by molar-refractivity contribution is 7.71. The fourth-order valence-electron chi connectivity index (χ4n) is 2.03. The Kier molecular flexibility index (Phi) is 4.70. The zero-order valence-electron chi connectivity index (χ0n) is 12.9. The molecular formula is C15H23N3O2S. The maximum atomic E-state index is 9.99. The number of aryl methyl sites for hydroxylation is 1. The molecule has 2 rings (SSSR count). The summed E-state index contributed by atoms with van der Waals surface area (Å²) in [6.07, 6.45) is -0.568. The van der Waals surface area contributed by atoms with Gasteiger partial charge in [-0.3, -0.25) is 0 Å². The Morgan fingerprint density at radius 2 is 2.05 bits per heavy atom. The fraction of sp³-hybridized carbons (Fsp3) is 0.533. The zero-order chi connectivity index (χ0) is 15.6. The van der Waals surface area contributed by atoms with Crippen molar-refractivity contribution >= 4 is 23.3 Å². The molecule has 5 nitrogen and oxygen atoms in total. The van der Waals surface area contributed by atoms with Crippen LogP contribution in [0, 0.1) is 11.7 Å². The van der Waals surface area contributed by atoms with Gasteiger partial charge < -0.3 is 25.1 Å². The molecule has 1 unspecified atom stereocenters. The monoisotopic (exact) mass is 309 g/mol. The summed E-state index contributed by atoms with van der Waals surface area (Å²) in [6.45, 7) is 8.89. The lowest BCUT2D eigenvalue weighted by atomic mass is 10.1. The van der Waals surface area contributed by atoms with Crippen LogP contribution >= 0.6 is 12.2 Å². The molecule has 0 bridgehead atoms. The topological polar surface area (TPSA) is 73.1 Å². The summed E-state index contributed by atoms with van der Waals surface area (Å²) in [4.78, 5) is 6.15. The molecule has 0 spiro atoms. The standard InChI is InChI=1S/C15H23N3O2S/c1-9-5-11-13(18-14(21)17-11)12(6-9)20-8-10(19)7-16-15(2,3)4/h5-6,10,16,19H,7-8H2,1-4H3,(H2,17,18,21). The highest BCUT2D eigenvalue weighted by atomic mass is 32.1. The van der Waals surface area contributed by atoms with E-state index in [9.17, 15) is 5.11 Å². The van der Waals surface area contributed by atoms with Gasteiger partial charge in [0.1, 0.15) is 24.0 Å². The van der Waals surface area contributed by atoms with Gasteiger partial charge >= 0.3 is 0 Å². The number of aromatic nitrogens is 2. The third-order valence-electron chi connectivity index (χ3n) is 3.03. The highest BCUT2D eigenvalue weighted by Crippen LogP contribution is 2.25. The lowest BCUT2D eigenvalue weighted by molar-refractivity contribution is 0.101. The minimum absolute atomic E-state index is 0.0246. The number of aromatic amines is 2. The maximum absolute atomic E-state index is 9.99. The van der Waals surface area contributed by atoms with Crippen molar-refractivity contribution in [3.63, 3.8) is 0 Å². The van der Waals surface area contributed by atoms with Crippen LogP contribution < -0.4 is 10.1 Å². The van der Waals surface area contributed by atoms with Gasteiger partial charge in [-0.2, -0.15) is 0 Å². The van der Waals surface area contributed by atoms with Gasteiger partial charge in [0.15, 0.2) is 4.77 Å². The number of fused-ring (bicyclic) bond motifs is 1. The molecule has 1 heterocycles. The molecular weight excluding hydrogens is 286 g/mol. The number of nitrogens with one attached hydrogen (secondary N) is 3. The van der Waals surface area contributed by atoms with E-state index < -0.39 is 6.10 Å². The Bertz CT molecular complexity index is 670. The van der Waals surface area contributed by atoms with Crippen molar-refractivity contribution in [1.29, 1.82) is 0 Å². The number of hydrogen-bond acceptors (Lipinski definition) is 4. The first-order valence-electron chi connectivity index (χ1n) is 7.03. The highest BCUT2D eigenvalue weighted by Gasteiger charge is 2.13. The predicted octanol–water partition coefficient (Wildman–Crippen LogP) is 2.66. The molecule has 0 aliphatic carbocycles. The molecule has 0 fully saturated rings. The number of rotatable bonds is 5. The Morgan fingerprint density at radius 1 is 1.33 bits per heavy atom. The number of benzene rings is 1. The quantitative estimate of drug-likeness (QED) is 0.641. The van der Waals surface area contributed by atoms with Crippen LogP contribution in [0.15, 0.2) is 12.1 Å². The van der Waals surface area contributed by atoms with Gasteiger partial charge in [-0.1, -0.05) is 0 Å². The molecule has 0 saturated heterocycles. The first kappa shape index (κ1) is 16.0. The molecule has 21 heavy (non-hydrogen) atoms. The largest absolute Gasteiger partial charge is 0.489 e. The second-order valence-electron chi connectivity index (χ2n) is 6.36. The van der Waals surface area contributed by atoms with E-state index in [0.29, 0.717) is 17.1 Å². The molecule has 116 valence electrons. The molecule has 1 atom stereocenters. The molecule has 4 N–H and O–H groups in total. The summed E-state index contributed by atoms with van der Waals surface area (Å²) >= 11 is 5.11. The number of aliphatic hydroxyl groups excluding tert-OH is 1. The second kappa shape index (κ2) is 6.17. The SMILES string of the molecule is Cc1cc(OCC(O)CNC(C)(C)C)c2[nH]c(=S)[nH]c2c1. The van der Waals surface area contributed by atoms with Crippen LogP contribution in [0.2, 0.25) is 0 Å². The molecule has 2 aromatic rings. The average molecular weight is 309 g/mol. The minimum Gasteiger partial charge on any atom is -0.489 e. The summed E-state index contributed by atoms with van der Waals surface area (Å²) in [5, 5.41) is 13.2. The lowest BCUT2D eigenvalue weighted by Gasteiger charge is -2.23. The number of imidazole rings is 1. The number of H-pyrrole nitrogens is 2.